The maximum Gasteiger partial charge on any atom is 0.338 e. The average Bonchev–Trinajstić information content (AvgIpc) is 2.95. The minimum atomic E-state index is -0.375. The van der Waals surface area contributed by atoms with Crippen LogP contribution in [0.15, 0.2) is 24.3 Å². The van der Waals surface area contributed by atoms with Crippen LogP contribution >= 0.6 is 0 Å². The molecular weight excluding hydrogens is 274 g/mol. The Morgan fingerprint density at radius 1 is 1.38 bits per heavy atom. The Morgan fingerprint density at radius 2 is 2.19 bits per heavy atom. The van der Waals surface area contributed by atoms with Crippen LogP contribution in [0, 0.1) is 0 Å². The second-order valence-corrected chi connectivity index (χ2v) is 4.71. The fourth-order valence-corrected chi connectivity index (χ4v) is 2.22. The number of benzene rings is 1. The van der Waals surface area contributed by atoms with Gasteiger partial charge in [0, 0.05) is 13.0 Å². The number of rotatable bonds is 5. The number of esters is 2. The summed E-state index contributed by atoms with van der Waals surface area (Å²) in [5.41, 5.74) is 0.449. The maximum absolute atomic E-state index is 11.7. The predicted octanol–water partition coefficient (Wildman–Crippen LogP) is 1.15. The van der Waals surface area contributed by atoms with E-state index in [-0.39, 0.29) is 24.1 Å². The first-order valence-electron chi connectivity index (χ1n) is 6.89. The summed E-state index contributed by atoms with van der Waals surface area (Å²) in [5.74, 6) is -0.0841. The Balaban J connectivity index is 1.96. The number of nitrogens with one attached hydrogen (secondary N) is 1. The van der Waals surface area contributed by atoms with Crippen LogP contribution in [0.3, 0.4) is 0 Å². The van der Waals surface area contributed by atoms with Gasteiger partial charge in [0.1, 0.15) is 17.9 Å². The molecule has 0 saturated carbocycles. The Kier molecular flexibility index (Phi) is 5.16. The zero-order chi connectivity index (χ0) is 15.2. The van der Waals surface area contributed by atoms with Crippen LogP contribution in [-0.2, 0) is 14.3 Å². The van der Waals surface area contributed by atoms with Gasteiger partial charge in [0.05, 0.1) is 19.3 Å². The third-order valence-electron chi connectivity index (χ3n) is 3.22. The van der Waals surface area contributed by atoms with E-state index < -0.39 is 0 Å². The minimum Gasteiger partial charge on any atom is -0.489 e. The molecule has 0 amide bonds. The van der Waals surface area contributed by atoms with Crippen LogP contribution < -0.4 is 10.1 Å². The highest BCUT2D eigenvalue weighted by Gasteiger charge is 2.31. The number of hydrogen-bond donors (Lipinski definition) is 1. The van der Waals surface area contributed by atoms with E-state index in [0.29, 0.717) is 30.9 Å². The van der Waals surface area contributed by atoms with Crippen LogP contribution in [0.25, 0.3) is 0 Å². The molecule has 2 rings (SSSR count). The zero-order valence-corrected chi connectivity index (χ0v) is 12.1. The van der Waals surface area contributed by atoms with Crippen molar-refractivity contribution in [1.29, 1.82) is 0 Å². The lowest BCUT2D eigenvalue weighted by atomic mass is 10.2. The van der Waals surface area contributed by atoms with Gasteiger partial charge < -0.3 is 19.5 Å². The number of methoxy groups -OCH3 is 1. The van der Waals surface area contributed by atoms with Gasteiger partial charge in [-0.05, 0) is 25.1 Å². The molecule has 0 radical (unpaired) electrons. The van der Waals surface area contributed by atoms with Gasteiger partial charge >= 0.3 is 11.9 Å². The van der Waals surface area contributed by atoms with Gasteiger partial charge in [-0.15, -0.1) is 0 Å². The van der Waals surface area contributed by atoms with Gasteiger partial charge in [-0.25, -0.2) is 4.79 Å². The molecule has 0 aromatic heterocycles. The molecule has 2 atom stereocenters. The average molecular weight is 293 g/mol. The second kappa shape index (κ2) is 7.08. The fraction of sp³-hybridized carbons (Fsp3) is 0.467. The molecule has 21 heavy (non-hydrogen) atoms. The van der Waals surface area contributed by atoms with E-state index in [0.717, 1.165) is 0 Å². The van der Waals surface area contributed by atoms with Crippen molar-refractivity contribution in [1.82, 2.24) is 5.32 Å². The van der Waals surface area contributed by atoms with E-state index >= 15 is 0 Å². The first-order valence-corrected chi connectivity index (χ1v) is 6.89. The molecule has 0 spiro atoms. The van der Waals surface area contributed by atoms with Crippen molar-refractivity contribution in [2.24, 2.45) is 0 Å². The van der Waals surface area contributed by atoms with E-state index in [1.807, 2.05) is 0 Å². The summed E-state index contributed by atoms with van der Waals surface area (Å²) >= 11 is 0. The summed E-state index contributed by atoms with van der Waals surface area (Å²) in [4.78, 5) is 23.1. The predicted molar refractivity (Wildman–Crippen MR) is 75.2 cm³/mol. The fourth-order valence-electron chi connectivity index (χ4n) is 2.22. The van der Waals surface area contributed by atoms with Crippen molar-refractivity contribution in [2.45, 2.75) is 25.5 Å². The van der Waals surface area contributed by atoms with Crippen molar-refractivity contribution in [3.8, 4) is 5.75 Å². The molecule has 1 aliphatic heterocycles. The first kappa shape index (κ1) is 15.3. The maximum atomic E-state index is 11.7. The van der Waals surface area contributed by atoms with Crippen molar-refractivity contribution in [3.05, 3.63) is 29.8 Å². The molecule has 1 saturated heterocycles. The van der Waals surface area contributed by atoms with Gasteiger partial charge in [-0.1, -0.05) is 6.07 Å². The molecule has 1 N–H and O–H groups in total. The van der Waals surface area contributed by atoms with Crippen molar-refractivity contribution in [2.75, 3.05) is 20.3 Å². The van der Waals surface area contributed by atoms with Gasteiger partial charge in [-0.3, -0.25) is 4.79 Å². The van der Waals surface area contributed by atoms with E-state index in [4.69, 9.17) is 14.2 Å². The van der Waals surface area contributed by atoms with Gasteiger partial charge in [0.2, 0.25) is 0 Å². The Morgan fingerprint density at radius 3 is 2.90 bits per heavy atom. The highest BCUT2D eigenvalue weighted by Crippen LogP contribution is 2.19. The second-order valence-electron chi connectivity index (χ2n) is 4.71. The van der Waals surface area contributed by atoms with Gasteiger partial charge in [-0.2, -0.15) is 0 Å². The monoisotopic (exact) mass is 293 g/mol. The summed E-state index contributed by atoms with van der Waals surface area (Å²) in [5, 5.41) is 3.04. The summed E-state index contributed by atoms with van der Waals surface area (Å²) in [6.45, 7) is 2.65. The van der Waals surface area contributed by atoms with Crippen molar-refractivity contribution in [3.63, 3.8) is 0 Å². The number of hydrogen-bond acceptors (Lipinski definition) is 6. The summed E-state index contributed by atoms with van der Waals surface area (Å²) < 4.78 is 15.4. The van der Waals surface area contributed by atoms with Gasteiger partial charge in [0.25, 0.3) is 0 Å². The number of carbonyl (C=O) groups excluding carboxylic acids is 2. The third kappa shape index (κ3) is 3.95. The SMILES string of the molecule is CCOC(=O)c1cccc(O[C@@H]2CN[C@H](C(=O)OC)C2)c1. The lowest BCUT2D eigenvalue weighted by molar-refractivity contribution is -0.142. The molecule has 6 heteroatoms. The highest BCUT2D eigenvalue weighted by atomic mass is 16.5. The number of ether oxygens (including phenoxy) is 3. The lowest BCUT2D eigenvalue weighted by Crippen LogP contribution is -2.31. The normalized spacial score (nSPS) is 20.9. The first-order chi connectivity index (χ1) is 10.1. The Bertz CT molecular complexity index is 517. The van der Waals surface area contributed by atoms with Gasteiger partial charge in [0.15, 0.2) is 0 Å². The Hall–Kier alpha value is -2.08. The largest absolute Gasteiger partial charge is 0.489 e. The molecule has 1 aromatic rings. The molecular formula is C15H19NO5. The standard InChI is InChI=1S/C15H19NO5/c1-3-20-14(17)10-5-4-6-11(7-10)21-12-8-13(16-9-12)15(18)19-2/h4-7,12-13,16H,3,8-9H2,1-2H3/t12-,13-/m0/s1. The minimum absolute atomic E-state index is 0.133. The van der Waals surface area contributed by atoms with Crippen molar-refractivity contribution < 1.29 is 23.8 Å². The smallest absolute Gasteiger partial charge is 0.338 e. The molecule has 0 unspecified atom stereocenters. The molecule has 1 fully saturated rings. The van der Waals surface area contributed by atoms with E-state index in [1.54, 1.807) is 31.2 Å². The third-order valence-corrected chi connectivity index (χ3v) is 3.22. The highest BCUT2D eigenvalue weighted by molar-refractivity contribution is 5.89. The molecule has 6 nitrogen and oxygen atoms in total. The summed E-state index contributed by atoms with van der Waals surface area (Å²) in [6, 6.07) is 6.49. The van der Waals surface area contributed by atoms with Crippen LogP contribution in [0.5, 0.6) is 5.75 Å². The molecule has 1 aliphatic rings. The molecule has 1 heterocycles. The topological polar surface area (TPSA) is 73.9 Å². The van der Waals surface area contributed by atoms with Crippen LogP contribution in [0.1, 0.15) is 23.7 Å². The molecule has 0 aliphatic carbocycles. The molecule has 1 aromatic carbocycles. The van der Waals surface area contributed by atoms with E-state index in [9.17, 15) is 9.59 Å². The Labute approximate surface area is 123 Å². The number of carbonyl (C=O) groups is 2. The zero-order valence-electron chi connectivity index (χ0n) is 12.1. The van der Waals surface area contributed by atoms with Crippen LogP contribution in [-0.4, -0.2) is 44.3 Å². The molecule has 114 valence electrons. The quantitative estimate of drug-likeness (QED) is 0.821. The summed E-state index contributed by atoms with van der Waals surface area (Å²) in [7, 11) is 1.36. The summed E-state index contributed by atoms with van der Waals surface area (Å²) in [6.07, 6.45) is 0.405. The molecule has 0 bridgehead atoms. The van der Waals surface area contributed by atoms with Crippen LogP contribution in [0.2, 0.25) is 0 Å². The van der Waals surface area contributed by atoms with E-state index in [1.165, 1.54) is 7.11 Å². The van der Waals surface area contributed by atoms with Crippen molar-refractivity contribution >= 4 is 11.9 Å². The van der Waals surface area contributed by atoms with E-state index in [2.05, 4.69) is 5.32 Å². The van der Waals surface area contributed by atoms with Crippen LogP contribution in [0.4, 0.5) is 0 Å². The lowest BCUT2D eigenvalue weighted by Gasteiger charge is -2.13.